The standard InChI is InChI=1S/C11H12F3NO2/c1-17-10(16)3-2-4-15-9-6-7(12)5-8(13)11(9)14/h5-6,15H,2-4H2,1H3. The zero-order valence-electron chi connectivity index (χ0n) is 9.23. The van der Waals surface area contributed by atoms with Gasteiger partial charge in [-0.3, -0.25) is 4.79 Å². The lowest BCUT2D eigenvalue weighted by Crippen LogP contribution is -2.08. The monoisotopic (exact) mass is 247 g/mol. The van der Waals surface area contributed by atoms with Crippen LogP contribution in [0.2, 0.25) is 0 Å². The molecule has 17 heavy (non-hydrogen) atoms. The fourth-order valence-electron chi connectivity index (χ4n) is 1.24. The van der Waals surface area contributed by atoms with E-state index in [4.69, 9.17) is 0 Å². The first-order chi connectivity index (χ1) is 8.04. The largest absolute Gasteiger partial charge is 0.469 e. The number of rotatable bonds is 5. The SMILES string of the molecule is COC(=O)CCCNc1cc(F)cc(F)c1F. The lowest BCUT2D eigenvalue weighted by molar-refractivity contribution is -0.140. The predicted molar refractivity (Wildman–Crippen MR) is 56.1 cm³/mol. The van der Waals surface area contributed by atoms with Gasteiger partial charge in [-0.25, -0.2) is 13.2 Å². The number of methoxy groups -OCH3 is 1. The van der Waals surface area contributed by atoms with Gasteiger partial charge in [-0.05, 0) is 6.42 Å². The molecule has 0 fully saturated rings. The highest BCUT2D eigenvalue weighted by atomic mass is 19.2. The van der Waals surface area contributed by atoms with Crippen molar-refractivity contribution in [2.24, 2.45) is 0 Å². The first-order valence-electron chi connectivity index (χ1n) is 5.00. The maximum atomic E-state index is 13.1. The van der Waals surface area contributed by atoms with Crippen LogP contribution in [0.3, 0.4) is 0 Å². The number of ether oxygens (including phenoxy) is 1. The molecular formula is C11H12F3NO2. The number of hydrogen-bond acceptors (Lipinski definition) is 3. The average molecular weight is 247 g/mol. The molecule has 0 saturated heterocycles. The number of benzene rings is 1. The van der Waals surface area contributed by atoms with Gasteiger partial charge in [0.1, 0.15) is 5.82 Å². The number of halogens is 3. The zero-order valence-corrected chi connectivity index (χ0v) is 9.23. The third-order valence-electron chi connectivity index (χ3n) is 2.09. The van der Waals surface area contributed by atoms with Crippen molar-refractivity contribution < 1.29 is 22.7 Å². The minimum absolute atomic E-state index is 0.156. The van der Waals surface area contributed by atoms with Crippen molar-refractivity contribution >= 4 is 11.7 Å². The molecule has 0 amide bonds. The predicted octanol–water partition coefficient (Wildman–Crippen LogP) is 2.47. The van der Waals surface area contributed by atoms with Crippen LogP contribution in [0.25, 0.3) is 0 Å². The smallest absolute Gasteiger partial charge is 0.305 e. The van der Waals surface area contributed by atoms with Gasteiger partial charge in [-0.1, -0.05) is 0 Å². The molecule has 1 N–H and O–H groups in total. The summed E-state index contributed by atoms with van der Waals surface area (Å²) >= 11 is 0. The first-order valence-corrected chi connectivity index (χ1v) is 5.00. The van der Waals surface area contributed by atoms with Gasteiger partial charge in [0, 0.05) is 25.1 Å². The number of nitrogens with one attached hydrogen (secondary N) is 1. The van der Waals surface area contributed by atoms with E-state index in [1.54, 1.807) is 0 Å². The van der Waals surface area contributed by atoms with Crippen LogP contribution in [0.15, 0.2) is 12.1 Å². The van der Waals surface area contributed by atoms with Crippen molar-refractivity contribution in [1.82, 2.24) is 0 Å². The number of esters is 1. The summed E-state index contributed by atoms with van der Waals surface area (Å²) in [6.45, 7) is 0.217. The summed E-state index contributed by atoms with van der Waals surface area (Å²) in [7, 11) is 1.26. The zero-order chi connectivity index (χ0) is 12.8. The Morgan fingerprint density at radius 2 is 2.06 bits per heavy atom. The van der Waals surface area contributed by atoms with Crippen LogP contribution in [0, 0.1) is 17.5 Å². The highest BCUT2D eigenvalue weighted by Crippen LogP contribution is 2.19. The molecule has 1 aromatic carbocycles. The Hall–Kier alpha value is -1.72. The molecule has 0 aliphatic rings. The topological polar surface area (TPSA) is 38.3 Å². The summed E-state index contributed by atoms with van der Waals surface area (Å²) in [6.07, 6.45) is 0.535. The summed E-state index contributed by atoms with van der Waals surface area (Å²) in [4.78, 5) is 10.8. The third-order valence-corrected chi connectivity index (χ3v) is 2.09. The van der Waals surface area contributed by atoms with Crippen molar-refractivity contribution in [3.63, 3.8) is 0 Å². The molecule has 1 rings (SSSR count). The summed E-state index contributed by atoms with van der Waals surface area (Å²) in [5.41, 5.74) is -0.257. The van der Waals surface area contributed by atoms with Crippen LogP contribution in [-0.2, 0) is 9.53 Å². The molecule has 0 bridgehead atoms. The van der Waals surface area contributed by atoms with Crippen molar-refractivity contribution in [2.45, 2.75) is 12.8 Å². The number of carbonyl (C=O) groups excluding carboxylic acids is 1. The highest BCUT2D eigenvalue weighted by Gasteiger charge is 2.10. The van der Waals surface area contributed by atoms with Gasteiger partial charge >= 0.3 is 5.97 Å². The molecule has 0 radical (unpaired) electrons. The summed E-state index contributed by atoms with van der Waals surface area (Å²) in [5, 5.41) is 2.51. The Kier molecular flexibility index (Phi) is 4.81. The molecule has 0 aliphatic heterocycles. The number of carbonyl (C=O) groups is 1. The van der Waals surface area contributed by atoms with E-state index in [1.165, 1.54) is 7.11 Å². The van der Waals surface area contributed by atoms with E-state index in [2.05, 4.69) is 10.1 Å². The molecule has 0 unspecified atom stereocenters. The quantitative estimate of drug-likeness (QED) is 0.493. The number of hydrogen-bond donors (Lipinski definition) is 1. The van der Waals surface area contributed by atoms with Gasteiger partial charge in [0.25, 0.3) is 0 Å². The van der Waals surface area contributed by atoms with E-state index in [1.807, 2.05) is 0 Å². The minimum atomic E-state index is -1.25. The maximum absolute atomic E-state index is 13.1. The molecule has 94 valence electrons. The van der Waals surface area contributed by atoms with Crippen molar-refractivity contribution in [3.05, 3.63) is 29.6 Å². The van der Waals surface area contributed by atoms with E-state index in [0.717, 1.165) is 6.07 Å². The second-order valence-corrected chi connectivity index (χ2v) is 3.36. The maximum Gasteiger partial charge on any atom is 0.305 e. The Balaban J connectivity index is 2.49. The van der Waals surface area contributed by atoms with Gasteiger partial charge in [-0.2, -0.15) is 0 Å². The first kappa shape index (κ1) is 13.3. The molecule has 0 atom stereocenters. The molecule has 0 heterocycles. The van der Waals surface area contributed by atoms with Crippen LogP contribution < -0.4 is 5.32 Å². The average Bonchev–Trinajstić information content (AvgIpc) is 2.30. The minimum Gasteiger partial charge on any atom is -0.469 e. The fraction of sp³-hybridized carbons (Fsp3) is 0.364. The van der Waals surface area contributed by atoms with Crippen LogP contribution >= 0.6 is 0 Å². The Bertz CT molecular complexity index is 410. The lowest BCUT2D eigenvalue weighted by Gasteiger charge is -2.07. The van der Waals surface area contributed by atoms with Crippen LogP contribution in [0.1, 0.15) is 12.8 Å². The van der Waals surface area contributed by atoms with Gasteiger partial charge in [0.2, 0.25) is 0 Å². The lowest BCUT2D eigenvalue weighted by atomic mass is 10.2. The summed E-state index contributed by atoms with van der Waals surface area (Å²) in [6, 6.07) is 1.32. The molecule has 0 aromatic heterocycles. The molecule has 6 heteroatoms. The van der Waals surface area contributed by atoms with Crippen LogP contribution in [-0.4, -0.2) is 19.6 Å². The summed E-state index contributed by atoms with van der Waals surface area (Å²) < 4.78 is 43.1. The normalized spacial score (nSPS) is 10.1. The second kappa shape index (κ2) is 6.12. The Labute approximate surface area is 96.6 Å². The summed E-state index contributed by atoms with van der Waals surface area (Å²) in [5.74, 6) is -3.64. The van der Waals surface area contributed by atoms with Crippen molar-refractivity contribution in [1.29, 1.82) is 0 Å². The second-order valence-electron chi connectivity index (χ2n) is 3.36. The highest BCUT2D eigenvalue weighted by molar-refractivity contribution is 5.69. The van der Waals surface area contributed by atoms with Crippen LogP contribution in [0.5, 0.6) is 0 Å². The van der Waals surface area contributed by atoms with Gasteiger partial charge in [-0.15, -0.1) is 0 Å². The molecular weight excluding hydrogens is 235 g/mol. The fourth-order valence-corrected chi connectivity index (χ4v) is 1.24. The van der Waals surface area contributed by atoms with E-state index in [9.17, 15) is 18.0 Å². The molecule has 1 aromatic rings. The van der Waals surface area contributed by atoms with E-state index in [0.29, 0.717) is 12.5 Å². The number of anilines is 1. The van der Waals surface area contributed by atoms with E-state index >= 15 is 0 Å². The van der Waals surface area contributed by atoms with E-state index < -0.39 is 23.4 Å². The van der Waals surface area contributed by atoms with E-state index in [-0.39, 0.29) is 18.7 Å². The Morgan fingerprint density at radius 3 is 2.71 bits per heavy atom. The van der Waals surface area contributed by atoms with Gasteiger partial charge < -0.3 is 10.1 Å². The van der Waals surface area contributed by atoms with Gasteiger partial charge in [0.15, 0.2) is 11.6 Å². The Morgan fingerprint density at radius 1 is 1.35 bits per heavy atom. The van der Waals surface area contributed by atoms with Crippen molar-refractivity contribution in [3.8, 4) is 0 Å². The van der Waals surface area contributed by atoms with Crippen LogP contribution in [0.4, 0.5) is 18.9 Å². The van der Waals surface area contributed by atoms with Crippen molar-refractivity contribution in [2.75, 3.05) is 19.0 Å². The van der Waals surface area contributed by atoms with Gasteiger partial charge in [0.05, 0.1) is 12.8 Å². The third kappa shape index (κ3) is 3.97. The molecule has 0 saturated carbocycles. The molecule has 3 nitrogen and oxygen atoms in total. The molecule has 0 aliphatic carbocycles. The molecule has 0 spiro atoms.